The average Bonchev–Trinajstić information content (AvgIpc) is 2.90. The summed E-state index contributed by atoms with van der Waals surface area (Å²) in [6.07, 6.45) is 0. The SMILES string of the molecule is COc1ccc([N+](=O)[O-])c(N(C)Cc2cscn2)n1. The molecule has 0 unspecified atom stereocenters. The second-order valence-electron chi connectivity index (χ2n) is 3.79. The van der Waals surface area contributed by atoms with E-state index in [1.807, 2.05) is 5.38 Å². The van der Waals surface area contributed by atoms with Crippen molar-refractivity contribution in [2.45, 2.75) is 6.54 Å². The monoisotopic (exact) mass is 280 g/mol. The Morgan fingerprint density at radius 2 is 2.32 bits per heavy atom. The van der Waals surface area contributed by atoms with E-state index in [4.69, 9.17) is 4.74 Å². The van der Waals surface area contributed by atoms with Gasteiger partial charge in [-0.1, -0.05) is 0 Å². The van der Waals surface area contributed by atoms with Crippen LogP contribution in [0.25, 0.3) is 0 Å². The van der Waals surface area contributed by atoms with Crippen molar-refractivity contribution in [1.29, 1.82) is 0 Å². The summed E-state index contributed by atoms with van der Waals surface area (Å²) in [5.41, 5.74) is 2.50. The first-order valence-corrected chi connectivity index (χ1v) is 6.33. The van der Waals surface area contributed by atoms with Crippen LogP contribution < -0.4 is 9.64 Å². The minimum absolute atomic E-state index is 0.0569. The Bertz CT molecular complexity index is 573. The molecule has 8 heteroatoms. The number of nitrogens with zero attached hydrogens (tertiary/aromatic N) is 4. The molecule has 0 aliphatic rings. The molecule has 100 valence electrons. The first kappa shape index (κ1) is 13.2. The van der Waals surface area contributed by atoms with Crippen molar-refractivity contribution in [3.8, 4) is 5.88 Å². The van der Waals surface area contributed by atoms with Crippen LogP contribution in [0.4, 0.5) is 11.5 Å². The molecule has 0 amide bonds. The number of ether oxygens (including phenoxy) is 1. The summed E-state index contributed by atoms with van der Waals surface area (Å²) in [5, 5.41) is 12.9. The number of aromatic nitrogens is 2. The van der Waals surface area contributed by atoms with E-state index < -0.39 is 4.92 Å². The molecule has 0 fully saturated rings. The predicted octanol–water partition coefficient (Wildman–Crippen LogP) is 2.09. The third kappa shape index (κ3) is 2.97. The highest BCUT2D eigenvalue weighted by atomic mass is 32.1. The number of hydrogen-bond acceptors (Lipinski definition) is 7. The lowest BCUT2D eigenvalue weighted by molar-refractivity contribution is -0.384. The van der Waals surface area contributed by atoms with Gasteiger partial charge >= 0.3 is 5.69 Å². The Morgan fingerprint density at radius 3 is 2.89 bits per heavy atom. The topological polar surface area (TPSA) is 81.4 Å². The van der Waals surface area contributed by atoms with E-state index in [9.17, 15) is 10.1 Å². The van der Waals surface area contributed by atoms with Crippen LogP contribution in [0.1, 0.15) is 5.69 Å². The van der Waals surface area contributed by atoms with Gasteiger partial charge in [-0.2, -0.15) is 4.98 Å². The van der Waals surface area contributed by atoms with Crippen LogP contribution in [0.5, 0.6) is 5.88 Å². The highest BCUT2D eigenvalue weighted by Gasteiger charge is 2.20. The maximum atomic E-state index is 11.0. The second kappa shape index (κ2) is 5.61. The number of rotatable bonds is 5. The molecule has 0 saturated heterocycles. The molecular weight excluding hydrogens is 268 g/mol. The predicted molar refractivity (Wildman–Crippen MR) is 71.7 cm³/mol. The van der Waals surface area contributed by atoms with Crippen molar-refractivity contribution < 1.29 is 9.66 Å². The summed E-state index contributed by atoms with van der Waals surface area (Å²) >= 11 is 1.48. The number of thiazole rings is 1. The lowest BCUT2D eigenvalue weighted by atomic mass is 10.3. The molecule has 19 heavy (non-hydrogen) atoms. The molecule has 2 rings (SSSR count). The van der Waals surface area contributed by atoms with Crippen molar-refractivity contribution in [3.05, 3.63) is 38.8 Å². The van der Waals surface area contributed by atoms with Crippen LogP contribution in [0, 0.1) is 10.1 Å². The van der Waals surface area contributed by atoms with E-state index >= 15 is 0 Å². The van der Waals surface area contributed by atoms with Gasteiger partial charge in [0, 0.05) is 24.6 Å². The van der Waals surface area contributed by atoms with E-state index in [0.717, 1.165) is 5.69 Å². The molecule has 2 aromatic heterocycles. The molecule has 0 spiro atoms. The van der Waals surface area contributed by atoms with Gasteiger partial charge in [0.2, 0.25) is 11.7 Å². The maximum Gasteiger partial charge on any atom is 0.311 e. The van der Waals surface area contributed by atoms with E-state index in [0.29, 0.717) is 12.4 Å². The molecule has 7 nitrogen and oxygen atoms in total. The van der Waals surface area contributed by atoms with Gasteiger partial charge in [-0.25, -0.2) is 4.98 Å². The van der Waals surface area contributed by atoms with Gasteiger partial charge in [-0.05, 0) is 0 Å². The highest BCUT2D eigenvalue weighted by Crippen LogP contribution is 2.28. The third-order valence-electron chi connectivity index (χ3n) is 2.48. The first-order valence-electron chi connectivity index (χ1n) is 5.39. The van der Waals surface area contributed by atoms with E-state index in [1.54, 1.807) is 17.5 Å². The van der Waals surface area contributed by atoms with E-state index in [2.05, 4.69) is 9.97 Å². The maximum absolute atomic E-state index is 11.0. The fourth-order valence-corrected chi connectivity index (χ4v) is 2.14. The van der Waals surface area contributed by atoms with E-state index in [1.165, 1.54) is 30.6 Å². The van der Waals surface area contributed by atoms with E-state index in [-0.39, 0.29) is 11.5 Å². The van der Waals surface area contributed by atoms with Gasteiger partial charge < -0.3 is 9.64 Å². The van der Waals surface area contributed by atoms with Crippen LogP contribution in [0.15, 0.2) is 23.0 Å². The zero-order valence-electron chi connectivity index (χ0n) is 10.4. The molecule has 2 heterocycles. The van der Waals surface area contributed by atoms with Crippen LogP contribution in [0.2, 0.25) is 0 Å². The third-order valence-corrected chi connectivity index (χ3v) is 3.11. The lowest BCUT2D eigenvalue weighted by Gasteiger charge is -2.17. The highest BCUT2D eigenvalue weighted by molar-refractivity contribution is 7.07. The largest absolute Gasteiger partial charge is 0.481 e. The van der Waals surface area contributed by atoms with Gasteiger partial charge in [0.1, 0.15) is 0 Å². The number of anilines is 1. The van der Waals surface area contributed by atoms with Crippen molar-refractivity contribution in [2.24, 2.45) is 0 Å². The Labute approximate surface area is 113 Å². The fraction of sp³-hybridized carbons (Fsp3) is 0.273. The summed E-state index contributed by atoms with van der Waals surface area (Å²) in [6.45, 7) is 0.449. The number of methoxy groups -OCH3 is 1. The van der Waals surface area contributed by atoms with Crippen molar-refractivity contribution in [3.63, 3.8) is 0 Å². The Kier molecular flexibility index (Phi) is 3.91. The Hall–Kier alpha value is -2.22. The Balaban J connectivity index is 2.32. The van der Waals surface area contributed by atoms with Crippen LogP contribution >= 0.6 is 11.3 Å². The Morgan fingerprint density at radius 1 is 1.53 bits per heavy atom. The van der Waals surface area contributed by atoms with Gasteiger partial charge in [0.05, 0.1) is 29.8 Å². The number of nitro groups is 1. The molecular formula is C11H12N4O3S. The molecule has 0 aromatic carbocycles. The molecule has 2 aromatic rings. The smallest absolute Gasteiger partial charge is 0.311 e. The first-order chi connectivity index (χ1) is 9.11. The summed E-state index contributed by atoms with van der Waals surface area (Å²) in [5.74, 6) is 0.600. The molecule has 0 aliphatic heterocycles. The summed E-state index contributed by atoms with van der Waals surface area (Å²) < 4.78 is 5.00. The summed E-state index contributed by atoms with van der Waals surface area (Å²) in [4.78, 5) is 20.5. The molecule has 0 N–H and O–H groups in total. The zero-order chi connectivity index (χ0) is 13.8. The summed E-state index contributed by atoms with van der Waals surface area (Å²) in [6, 6.07) is 2.86. The second-order valence-corrected chi connectivity index (χ2v) is 4.51. The van der Waals surface area contributed by atoms with Crippen LogP contribution in [0.3, 0.4) is 0 Å². The number of hydrogen-bond donors (Lipinski definition) is 0. The summed E-state index contributed by atoms with van der Waals surface area (Å²) in [7, 11) is 3.20. The standard InChI is InChI=1S/C11H12N4O3S/c1-14(5-8-6-19-7-12-8)11-9(15(16)17)3-4-10(13-11)18-2/h3-4,6-7H,5H2,1-2H3. The normalized spacial score (nSPS) is 10.2. The molecule has 0 radical (unpaired) electrons. The van der Waals surface area contributed by atoms with Crippen LogP contribution in [-0.2, 0) is 6.54 Å². The minimum atomic E-state index is -0.459. The average molecular weight is 280 g/mol. The number of pyridine rings is 1. The quantitative estimate of drug-likeness (QED) is 0.616. The molecule has 0 bridgehead atoms. The zero-order valence-corrected chi connectivity index (χ0v) is 11.3. The van der Waals surface area contributed by atoms with Crippen molar-refractivity contribution in [1.82, 2.24) is 9.97 Å². The molecule has 0 saturated carbocycles. The van der Waals surface area contributed by atoms with Gasteiger partial charge in [-0.3, -0.25) is 10.1 Å². The van der Waals surface area contributed by atoms with Crippen LogP contribution in [-0.4, -0.2) is 29.0 Å². The minimum Gasteiger partial charge on any atom is -0.481 e. The van der Waals surface area contributed by atoms with Crippen molar-refractivity contribution in [2.75, 3.05) is 19.1 Å². The van der Waals surface area contributed by atoms with Crippen molar-refractivity contribution >= 4 is 22.8 Å². The molecule has 0 atom stereocenters. The van der Waals surface area contributed by atoms with Gasteiger partial charge in [0.25, 0.3) is 0 Å². The van der Waals surface area contributed by atoms with Gasteiger partial charge in [-0.15, -0.1) is 11.3 Å². The lowest BCUT2D eigenvalue weighted by Crippen LogP contribution is -2.19. The van der Waals surface area contributed by atoms with Gasteiger partial charge in [0.15, 0.2) is 0 Å². The fourth-order valence-electron chi connectivity index (χ4n) is 1.59. The molecule has 0 aliphatic carbocycles.